The largest absolute Gasteiger partial charge is 0.271 e. The van der Waals surface area contributed by atoms with E-state index in [0.717, 1.165) is 4.70 Å². The summed E-state index contributed by atoms with van der Waals surface area (Å²) < 4.78 is 14.4. The van der Waals surface area contributed by atoms with Crippen LogP contribution in [0.1, 0.15) is 10.6 Å². The normalized spacial score (nSPS) is 11.3. The van der Waals surface area contributed by atoms with E-state index >= 15 is 0 Å². The van der Waals surface area contributed by atoms with E-state index in [9.17, 15) is 14.5 Å². The Morgan fingerprint density at radius 3 is 2.76 bits per heavy atom. The van der Waals surface area contributed by atoms with Crippen LogP contribution in [0, 0.1) is 15.9 Å². The second kappa shape index (κ2) is 5.41. The van der Waals surface area contributed by atoms with E-state index < -0.39 is 4.92 Å². The lowest BCUT2D eigenvalue weighted by atomic mass is 10.2. The predicted octanol–water partition coefficient (Wildman–Crippen LogP) is 4.51. The Kier molecular flexibility index (Phi) is 3.45. The molecule has 0 aliphatic heterocycles. The first-order valence-electron chi connectivity index (χ1n) is 6.11. The Balaban J connectivity index is 1.95. The third-order valence-corrected chi connectivity index (χ3v) is 3.91. The van der Waals surface area contributed by atoms with Gasteiger partial charge >= 0.3 is 0 Å². The van der Waals surface area contributed by atoms with Gasteiger partial charge in [0.2, 0.25) is 0 Å². The molecule has 0 bridgehead atoms. The fourth-order valence-corrected chi connectivity index (χ4v) is 2.74. The zero-order valence-electron chi connectivity index (χ0n) is 10.7. The summed E-state index contributed by atoms with van der Waals surface area (Å²) in [7, 11) is 0. The van der Waals surface area contributed by atoms with E-state index in [1.165, 1.54) is 29.5 Å². The Morgan fingerprint density at radius 1 is 1.19 bits per heavy atom. The molecule has 6 heteroatoms. The molecule has 0 fully saturated rings. The maximum Gasteiger partial charge on any atom is 0.271 e. The molecule has 21 heavy (non-hydrogen) atoms. The second-order valence-electron chi connectivity index (χ2n) is 4.32. The summed E-state index contributed by atoms with van der Waals surface area (Å²) in [5, 5.41) is 11.4. The van der Waals surface area contributed by atoms with Crippen LogP contribution in [0.25, 0.3) is 22.4 Å². The number of aromatic nitrogens is 1. The molecule has 0 amide bonds. The van der Waals surface area contributed by atoms with Crippen molar-refractivity contribution >= 4 is 39.4 Å². The molecule has 0 atom stereocenters. The minimum atomic E-state index is -0.451. The smallest absolute Gasteiger partial charge is 0.258 e. The number of benzene rings is 2. The van der Waals surface area contributed by atoms with Crippen molar-refractivity contribution in [2.24, 2.45) is 0 Å². The van der Waals surface area contributed by atoms with Gasteiger partial charge in [-0.05, 0) is 24.3 Å². The first kappa shape index (κ1) is 13.4. The van der Waals surface area contributed by atoms with Gasteiger partial charge in [-0.1, -0.05) is 18.2 Å². The number of fused-ring (bicyclic) bond motifs is 1. The van der Waals surface area contributed by atoms with Gasteiger partial charge in [-0.2, -0.15) is 0 Å². The monoisotopic (exact) mass is 300 g/mol. The number of nitro groups is 1. The minimum Gasteiger partial charge on any atom is -0.258 e. The summed E-state index contributed by atoms with van der Waals surface area (Å²) in [4.78, 5) is 14.6. The average molecular weight is 300 g/mol. The third kappa shape index (κ3) is 2.80. The first-order valence-corrected chi connectivity index (χ1v) is 6.93. The zero-order valence-corrected chi connectivity index (χ0v) is 11.5. The molecule has 0 aliphatic carbocycles. The highest BCUT2D eigenvalue weighted by Crippen LogP contribution is 2.27. The first-order chi connectivity index (χ1) is 10.1. The van der Waals surface area contributed by atoms with E-state index in [-0.39, 0.29) is 11.5 Å². The predicted molar refractivity (Wildman–Crippen MR) is 81.6 cm³/mol. The van der Waals surface area contributed by atoms with Gasteiger partial charge in [0.15, 0.2) is 0 Å². The highest BCUT2D eigenvalue weighted by atomic mass is 32.1. The van der Waals surface area contributed by atoms with E-state index in [4.69, 9.17) is 0 Å². The van der Waals surface area contributed by atoms with Crippen LogP contribution in [0.4, 0.5) is 10.1 Å². The maximum absolute atomic E-state index is 13.5. The molecule has 1 heterocycles. The van der Waals surface area contributed by atoms with Crippen LogP contribution < -0.4 is 0 Å². The summed E-state index contributed by atoms with van der Waals surface area (Å²) in [6, 6.07) is 11.0. The van der Waals surface area contributed by atoms with Crippen LogP contribution in [0.5, 0.6) is 0 Å². The van der Waals surface area contributed by atoms with E-state index in [2.05, 4.69) is 4.98 Å². The van der Waals surface area contributed by atoms with Crippen molar-refractivity contribution < 1.29 is 9.31 Å². The fraction of sp³-hybridized carbons (Fsp3) is 0. The molecule has 3 aromatic rings. The van der Waals surface area contributed by atoms with Gasteiger partial charge < -0.3 is 0 Å². The van der Waals surface area contributed by atoms with Gasteiger partial charge in [0, 0.05) is 17.7 Å². The maximum atomic E-state index is 13.5. The molecule has 3 rings (SSSR count). The number of thiazole rings is 1. The number of rotatable bonds is 3. The molecular weight excluding hydrogens is 291 g/mol. The molecule has 2 aromatic carbocycles. The van der Waals surface area contributed by atoms with E-state index in [1.807, 2.05) is 0 Å². The van der Waals surface area contributed by atoms with Crippen molar-refractivity contribution in [2.45, 2.75) is 0 Å². The Labute approximate surface area is 123 Å². The van der Waals surface area contributed by atoms with Crippen molar-refractivity contribution in [3.63, 3.8) is 0 Å². The Hall–Kier alpha value is -2.60. The number of nitro benzene ring substituents is 1. The zero-order chi connectivity index (χ0) is 14.8. The van der Waals surface area contributed by atoms with Gasteiger partial charge in [0.05, 0.1) is 15.1 Å². The molecule has 0 saturated carbocycles. The van der Waals surface area contributed by atoms with Gasteiger partial charge in [0.1, 0.15) is 10.8 Å². The molecule has 104 valence electrons. The van der Waals surface area contributed by atoms with E-state index in [0.29, 0.717) is 16.1 Å². The lowest BCUT2D eigenvalue weighted by Crippen LogP contribution is -1.86. The summed E-state index contributed by atoms with van der Waals surface area (Å²) >= 11 is 1.40. The molecule has 0 saturated heterocycles. The lowest BCUT2D eigenvalue weighted by molar-refractivity contribution is -0.384. The highest BCUT2D eigenvalue weighted by molar-refractivity contribution is 7.19. The van der Waals surface area contributed by atoms with Crippen molar-refractivity contribution in [1.29, 1.82) is 0 Å². The van der Waals surface area contributed by atoms with Crippen molar-refractivity contribution in [3.05, 3.63) is 69.0 Å². The van der Waals surface area contributed by atoms with Crippen molar-refractivity contribution in [3.8, 4) is 0 Å². The van der Waals surface area contributed by atoms with E-state index in [1.54, 1.807) is 36.4 Å². The van der Waals surface area contributed by atoms with Crippen molar-refractivity contribution in [1.82, 2.24) is 4.98 Å². The Bertz CT molecular complexity index is 858. The van der Waals surface area contributed by atoms with Crippen molar-refractivity contribution in [2.75, 3.05) is 0 Å². The topological polar surface area (TPSA) is 56.0 Å². The van der Waals surface area contributed by atoms with Crippen LogP contribution in [-0.4, -0.2) is 9.91 Å². The highest BCUT2D eigenvalue weighted by Gasteiger charge is 2.09. The molecular formula is C15H9FN2O2S. The molecule has 0 N–H and O–H groups in total. The van der Waals surface area contributed by atoms with Crippen LogP contribution in [0.15, 0.2) is 42.5 Å². The molecule has 0 radical (unpaired) electrons. The number of non-ortho nitro benzene ring substituents is 1. The summed E-state index contributed by atoms with van der Waals surface area (Å²) in [6.45, 7) is 0. The molecule has 0 aliphatic rings. The third-order valence-electron chi connectivity index (χ3n) is 2.91. The average Bonchev–Trinajstić information content (AvgIpc) is 2.88. The second-order valence-corrected chi connectivity index (χ2v) is 5.38. The number of halogens is 1. The van der Waals surface area contributed by atoms with Crippen LogP contribution in [0.3, 0.4) is 0 Å². The van der Waals surface area contributed by atoms with Crippen LogP contribution in [-0.2, 0) is 0 Å². The standard InChI is InChI=1S/C15H9FN2O2S/c16-12-4-2-1-3-10(12)5-8-15-17-13-9-11(18(19)20)6-7-14(13)21-15/h1-9H/b8-5+. The SMILES string of the molecule is O=[N+]([O-])c1ccc2sc(/C=C/c3ccccc3F)nc2c1. The van der Waals surface area contributed by atoms with Crippen LogP contribution in [0.2, 0.25) is 0 Å². The number of hydrogen-bond donors (Lipinski definition) is 0. The minimum absolute atomic E-state index is 0.0115. The van der Waals surface area contributed by atoms with Gasteiger partial charge in [-0.25, -0.2) is 9.37 Å². The number of nitrogens with zero attached hydrogens (tertiary/aromatic N) is 2. The summed E-state index contributed by atoms with van der Waals surface area (Å²) in [6.07, 6.45) is 3.34. The molecule has 4 nitrogen and oxygen atoms in total. The summed E-state index contributed by atoms with van der Waals surface area (Å²) in [5.41, 5.74) is 1.06. The number of hydrogen-bond acceptors (Lipinski definition) is 4. The molecule has 0 spiro atoms. The molecule has 0 unspecified atom stereocenters. The lowest BCUT2D eigenvalue weighted by Gasteiger charge is -1.93. The summed E-state index contributed by atoms with van der Waals surface area (Å²) in [5.74, 6) is -0.300. The fourth-order valence-electron chi connectivity index (χ4n) is 1.89. The molecule has 1 aromatic heterocycles. The Morgan fingerprint density at radius 2 is 2.00 bits per heavy atom. The van der Waals surface area contributed by atoms with Gasteiger partial charge in [-0.3, -0.25) is 10.1 Å². The van der Waals surface area contributed by atoms with Gasteiger partial charge in [0.25, 0.3) is 5.69 Å². The quantitative estimate of drug-likeness (QED) is 0.528. The van der Waals surface area contributed by atoms with Crippen LogP contribution >= 0.6 is 11.3 Å². The van der Waals surface area contributed by atoms with Gasteiger partial charge in [-0.15, -0.1) is 11.3 Å².